The maximum Gasteiger partial charge on any atom is 0.178 e. The van der Waals surface area contributed by atoms with Crippen molar-refractivity contribution in [1.82, 2.24) is 15.0 Å². The number of aryl methyl sites for hydroxylation is 2. The summed E-state index contributed by atoms with van der Waals surface area (Å²) in [5, 5.41) is 0.672. The van der Waals surface area contributed by atoms with Gasteiger partial charge < -0.3 is 4.98 Å². The second-order valence-corrected chi connectivity index (χ2v) is 3.16. The molecular weight excluding hydrogens is 174 g/mol. The van der Waals surface area contributed by atoms with Crippen LogP contribution in [-0.2, 0) is 0 Å². The molecule has 62 valence electrons. The van der Waals surface area contributed by atoms with Gasteiger partial charge in [0.2, 0.25) is 0 Å². The van der Waals surface area contributed by atoms with Crippen LogP contribution < -0.4 is 0 Å². The standard InChI is InChI=1S/C8H8ClN3/c1-4-6(9)3-7-8(10-4)12-5(2)11-7/h3H,1-2H3,(H,10,11,12). The summed E-state index contributed by atoms with van der Waals surface area (Å²) in [6.07, 6.45) is 0. The molecule has 2 rings (SSSR count). The van der Waals surface area contributed by atoms with Crippen molar-refractivity contribution < 1.29 is 0 Å². The monoisotopic (exact) mass is 181 g/mol. The Morgan fingerprint density at radius 3 is 2.83 bits per heavy atom. The van der Waals surface area contributed by atoms with Gasteiger partial charge in [0.05, 0.1) is 16.2 Å². The van der Waals surface area contributed by atoms with E-state index in [1.807, 2.05) is 19.9 Å². The fourth-order valence-electron chi connectivity index (χ4n) is 1.13. The highest BCUT2D eigenvalue weighted by atomic mass is 35.5. The number of fused-ring (bicyclic) bond motifs is 1. The molecule has 0 atom stereocenters. The van der Waals surface area contributed by atoms with E-state index in [-0.39, 0.29) is 0 Å². The van der Waals surface area contributed by atoms with Crippen molar-refractivity contribution in [2.24, 2.45) is 0 Å². The predicted molar refractivity (Wildman–Crippen MR) is 48.4 cm³/mol. The first-order valence-corrected chi connectivity index (χ1v) is 4.04. The van der Waals surface area contributed by atoms with Gasteiger partial charge in [-0.2, -0.15) is 0 Å². The number of halogens is 1. The van der Waals surface area contributed by atoms with Crippen molar-refractivity contribution in [3.63, 3.8) is 0 Å². The van der Waals surface area contributed by atoms with Crippen molar-refractivity contribution in [3.05, 3.63) is 22.6 Å². The van der Waals surface area contributed by atoms with Crippen LogP contribution in [-0.4, -0.2) is 15.0 Å². The van der Waals surface area contributed by atoms with Gasteiger partial charge >= 0.3 is 0 Å². The molecule has 0 aliphatic heterocycles. The molecule has 0 aromatic carbocycles. The van der Waals surface area contributed by atoms with E-state index in [9.17, 15) is 0 Å². The van der Waals surface area contributed by atoms with Gasteiger partial charge in [0.25, 0.3) is 0 Å². The van der Waals surface area contributed by atoms with Crippen LogP contribution in [0.2, 0.25) is 5.02 Å². The van der Waals surface area contributed by atoms with Crippen LogP contribution in [0, 0.1) is 13.8 Å². The van der Waals surface area contributed by atoms with E-state index in [0.717, 1.165) is 22.7 Å². The van der Waals surface area contributed by atoms with Gasteiger partial charge in [-0.3, -0.25) is 0 Å². The third kappa shape index (κ3) is 1.06. The van der Waals surface area contributed by atoms with Crippen LogP contribution in [0.1, 0.15) is 11.5 Å². The van der Waals surface area contributed by atoms with Crippen LogP contribution >= 0.6 is 11.6 Å². The molecule has 2 heterocycles. The summed E-state index contributed by atoms with van der Waals surface area (Å²) in [5.74, 6) is 0.860. The van der Waals surface area contributed by atoms with Gasteiger partial charge in [-0.25, -0.2) is 9.97 Å². The lowest BCUT2D eigenvalue weighted by molar-refractivity contribution is 1.15. The molecule has 0 aliphatic rings. The largest absolute Gasteiger partial charge is 0.341 e. The molecule has 0 unspecified atom stereocenters. The highest BCUT2D eigenvalue weighted by Gasteiger charge is 2.03. The van der Waals surface area contributed by atoms with E-state index in [4.69, 9.17) is 11.6 Å². The van der Waals surface area contributed by atoms with Gasteiger partial charge in [-0.15, -0.1) is 0 Å². The summed E-state index contributed by atoms with van der Waals surface area (Å²) in [7, 11) is 0. The molecule has 0 fully saturated rings. The van der Waals surface area contributed by atoms with Crippen molar-refractivity contribution >= 4 is 22.8 Å². The van der Waals surface area contributed by atoms with Gasteiger partial charge in [-0.1, -0.05) is 11.6 Å². The van der Waals surface area contributed by atoms with Crippen LogP contribution in [0.15, 0.2) is 6.07 Å². The van der Waals surface area contributed by atoms with Crippen molar-refractivity contribution in [2.45, 2.75) is 13.8 Å². The fourth-order valence-corrected chi connectivity index (χ4v) is 1.28. The van der Waals surface area contributed by atoms with Gasteiger partial charge in [-0.05, 0) is 19.9 Å². The Bertz CT molecular complexity index is 394. The minimum atomic E-state index is 0.672. The number of aromatic nitrogens is 3. The smallest absolute Gasteiger partial charge is 0.178 e. The summed E-state index contributed by atoms with van der Waals surface area (Å²) >= 11 is 5.89. The summed E-state index contributed by atoms with van der Waals surface area (Å²) in [6.45, 7) is 3.76. The number of nitrogens with one attached hydrogen (secondary N) is 1. The van der Waals surface area contributed by atoms with E-state index >= 15 is 0 Å². The minimum Gasteiger partial charge on any atom is -0.341 e. The number of rotatable bonds is 0. The summed E-state index contributed by atoms with van der Waals surface area (Å²) in [4.78, 5) is 11.5. The van der Waals surface area contributed by atoms with Crippen LogP contribution in [0.5, 0.6) is 0 Å². The van der Waals surface area contributed by atoms with Gasteiger partial charge in [0.15, 0.2) is 5.65 Å². The topological polar surface area (TPSA) is 41.6 Å². The van der Waals surface area contributed by atoms with E-state index in [0.29, 0.717) is 5.02 Å². The number of nitrogens with zero attached hydrogens (tertiary/aromatic N) is 2. The second-order valence-electron chi connectivity index (χ2n) is 2.75. The zero-order valence-electron chi connectivity index (χ0n) is 6.85. The molecule has 0 bridgehead atoms. The molecule has 1 N–H and O–H groups in total. The van der Waals surface area contributed by atoms with Gasteiger partial charge in [0.1, 0.15) is 5.82 Å². The number of pyridine rings is 1. The maximum absolute atomic E-state index is 5.89. The SMILES string of the molecule is Cc1nc2nc(C)c(Cl)cc2[nH]1. The maximum atomic E-state index is 5.89. The third-order valence-corrected chi connectivity index (χ3v) is 2.10. The van der Waals surface area contributed by atoms with E-state index in [1.165, 1.54) is 0 Å². The first-order valence-electron chi connectivity index (χ1n) is 3.66. The molecule has 4 heteroatoms. The summed E-state index contributed by atoms with van der Waals surface area (Å²) in [5.41, 5.74) is 2.44. The normalized spacial score (nSPS) is 10.9. The zero-order chi connectivity index (χ0) is 8.72. The molecule has 0 saturated carbocycles. The average Bonchev–Trinajstić information content (AvgIpc) is 2.30. The van der Waals surface area contributed by atoms with Crippen LogP contribution in [0.3, 0.4) is 0 Å². The summed E-state index contributed by atoms with van der Waals surface area (Å²) < 4.78 is 0. The zero-order valence-corrected chi connectivity index (χ0v) is 7.61. The molecule has 0 amide bonds. The van der Waals surface area contributed by atoms with Crippen molar-refractivity contribution in [1.29, 1.82) is 0 Å². The predicted octanol–water partition coefficient (Wildman–Crippen LogP) is 2.23. The van der Waals surface area contributed by atoms with Crippen molar-refractivity contribution in [2.75, 3.05) is 0 Å². The van der Waals surface area contributed by atoms with Crippen molar-refractivity contribution in [3.8, 4) is 0 Å². The third-order valence-electron chi connectivity index (χ3n) is 1.72. The van der Waals surface area contributed by atoms with E-state index < -0.39 is 0 Å². The van der Waals surface area contributed by atoms with Crippen LogP contribution in [0.4, 0.5) is 0 Å². The molecule has 0 spiro atoms. The fraction of sp³-hybridized carbons (Fsp3) is 0.250. The summed E-state index contributed by atoms with van der Waals surface area (Å²) in [6, 6.07) is 1.85. The lowest BCUT2D eigenvalue weighted by atomic mass is 10.3. The first kappa shape index (κ1) is 7.55. The Kier molecular flexibility index (Phi) is 1.54. The number of aromatic amines is 1. The van der Waals surface area contributed by atoms with Gasteiger partial charge in [0, 0.05) is 0 Å². The highest BCUT2D eigenvalue weighted by molar-refractivity contribution is 6.31. The molecule has 12 heavy (non-hydrogen) atoms. The number of H-pyrrole nitrogens is 1. The second kappa shape index (κ2) is 2.45. The molecule has 2 aromatic heterocycles. The molecule has 3 nitrogen and oxygen atoms in total. The Balaban J connectivity index is 2.83. The molecule has 2 aromatic rings. The molecule has 0 aliphatic carbocycles. The highest BCUT2D eigenvalue weighted by Crippen LogP contribution is 2.18. The average molecular weight is 182 g/mol. The molecular formula is C8H8ClN3. The number of imidazole rings is 1. The lowest BCUT2D eigenvalue weighted by Crippen LogP contribution is -1.83. The quantitative estimate of drug-likeness (QED) is 0.677. The first-order chi connectivity index (χ1) is 5.66. The number of hydrogen-bond acceptors (Lipinski definition) is 2. The molecule has 0 saturated heterocycles. The molecule has 0 radical (unpaired) electrons. The van der Waals surface area contributed by atoms with Crippen LogP contribution in [0.25, 0.3) is 11.2 Å². The Hall–Kier alpha value is -1.09. The van der Waals surface area contributed by atoms with E-state index in [2.05, 4.69) is 15.0 Å². The Labute approximate surface area is 74.8 Å². The van der Waals surface area contributed by atoms with E-state index in [1.54, 1.807) is 0 Å². The minimum absolute atomic E-state index is 0.672. The Morgan fingerprint density at radius 2 is 2.08 bits per heavy atom. The number of hydrogen-bond donors (Lipinski definition) is 1. The Morgan fingerprint density at radius 1 is 1.33 bits per heavy atom. The lowest BCUT2D eigenvalue weighted by Gasteiger charge is -1.94.